The molecule has 0 fully saturated rings. The molecular weight excluding hydrogens is 219 g/mol. The number of hydrogen-bond donors (Lipinski definition) is 0. The van der Waals surface area contributed by atoms with Crippen LogP contribution < -0.4 is 0 Å². The van der Waals surface area contributed by atoms with Crippen LogP contribution in [0.15, 0.2) is 6.20 Å². The Hall–Kier alpha value is -0.210. The second-order valence-electron chi connectivity index (χ2n) is 4.33. The Balaban J connectivity index is 3.02. The first-order chi connectivity index (χ1) is 6.34. The third-order valence-corrected chi connectivity index (χ3v) is 2.76. The van der Waals surface area contributed by atoms with E-state index in [9.17, 15) is 0 Å². The molecule has 0 spiro atoms. The summed E-state index contributed by atoms with van der Waals surface area (Å²) in [4.78, 5) is 0. The molecule has 80 valence electrons. The van der Waals surface area contributed by atoms with Gasteiger partial charge in [-0.1, -0.05) is 25.4 Å². The highest BCUT2D eigenvalue weighted by Gasteiger charge is 2.28. The molecule has 0 radical (unpaired) electrons. The fourth-order valence-corrected chi connectivity index (χ4v) is 2.78. The largest absolute Gasteiger partial charge is 0.271 e. The quantitative estimate of drug-likeness (QED) is 0.734. The summed E-state index contributed by atoms with van der Waals surface area (Å²) in [6, 6.07) is 0. The van der Waals surface area contributed by atoms with Crippen molar-refractivity contribution in [3.8, 4) is 0 Å². The molecule has 1 aromatic heterocycles. The highest BCUT2D eigenvalue weighted by Crippen LogP contribution is 2.34. The van der Waals surface area contributed by atoms with Crippen LogP contribution in [0, 0.1) is 0 Å². The number of halogens is 2. The fraction of sp³-hybridized carbons (Fsp3) is 0.700. The van der Waals surface area contributed by atoms with Crippen LogP contribution in [-0.2, 0) is 12.5 Å². The Bertz CT molecular complexity index is 296. The zero-order valence-electron chi connectivity index (χ0n) is 9.01. The summed E-state index contributed by atoms with van der Waals surface area (Å²) in [6.07, 6.45) is 2.56. The molecular formula is C10H16Cl2N2. The van der Waals surface area contributed by atoms with Gasteiger partial charge >= 0.3 is 0 Å². The van der Waals surface area contributed by atoms with Crippen LogP contribution in [0.4, 0.5) is 0 Å². The molecule has 0 N–H and O–H groups in total. The first-order valence-electron chi connectivity index (χ1n) is 4.66. The lowest BCUT2D eigenvalue weighted by atomic mass is 9.84. The molecule has 4 heteroatoms. The van der Waals surface area contributed by atoms with Crippen molar-refractivity contribution in [2.24, 2.45) is 7.05 Å². The first-order valence-corrected chi connectivity index (χ1v) is 5.48. The minimum absolute atomic E-state index is 0.0382. The lowest BCUT2D eigenvalue weighted by molar-refractivity contribution is 0.439. The predicted molar refractivity (Wildman–Crippen MR) is 61.2 cm³/mol. The van der Waals surface area contributed by atoms with E-state index in [4.69, 9.17) is 23.2 Å². The predicted octanol–water partition coefficient (Wildman–Crippen LogP) is 3.37. The molecule has 1 heterocycles. The average molecular weight is 235 g/mol. The van der Waals surface area contributed by atoms with Gasteiger partial charge in [0.15, 0.2) is 0 Å². The van der Waals surface area contributed by atoms with Gasteiger partial charge in [-0.3, -0.25) is 4.68 Å². The zero-order chi connectivity index (χ0) is 10.9. The van der Waals surface area contributed by atoms with Crippen molar-refractivity contribution in [1.82, 2.24) is 9.78 Å². The van der Waals surface area contributed by atoms with Gasteiger partial charge in [-0.05, 0) is 13.3 Å². The van der Waals surface area contributed by atoms with Gasteiger partial charge in [-0.25, -0.2) is 0 Å². The van der Waals surface area contributed by atoms with Gasteiger partial charge in [0, 0.05) is 17.8 Å². The molecule has 1 unspecified atom stereocenters. The van der Waals surface area contributed by atoms with Gasteiger partial charge in [0.2, 0.25) is 0 Å². The van der Waals surface area contributed by atoms with Crippen molar-refractivity contribution in [3.05, 3.63) is 16.9 Å². The Kier molecular flexibility index (Phi) is 3.49. The monoisotopic (exact) mass is 234 g/mol. The van der Waals surface area contributed by atoms with E-state index in [-0.39, 0.29) is 10.8 Å². The maximum absolute atomic E-state index is 6.09. The lowest BCUT2D eigenvalue weighted by Crippen LogP contribution is -2.24. The van der Waals surface area contributed by atoms with Gasteiger partial charge in [0.05, 0.1) is 16.9 Å². The van der Waals surface area contributed by atoms with E-state index in [1.807, 2.05) is 18.7 Å². The standard InChI is InChI=1S/C10H16Cl2N2/c1-7(11)5-10(2,3)9-8(12)6-13-14(9)4/h6-7H,5H2,1-4H3. The maximum atomic E-state index is 6.09. The highest BCUT2D eigenvalue weighted by atomic mass is 35.5. The van der Waals surface area contributed by atoms with Crippen LogP contribution in [0.5, 0.6) is 0 Å². The first kappa shape index (κ1) is 11.9. The molecule has 2 nitrogen and oxygen atoms in total. The molecule has 0 aliphatic heterocycles. The van der Waals surface area contributed by atoms with Gasteiger partial charge in [0.1, 0.15) is 0 Å². The summed E-state index contributed by atoms with van der Waals surface area (Å²) in [6.45, 7) is 6.26. The number of aromatic nitrogens is 2. The van der Waals surface area contributed by atoms with E-state index in [0.717, 1.165) is 17.1 Å². The summed E-state index contributed by atoms with van der Waals surface area (Å²) >= 11 is 12.1. The van der Waals surface area contributed by atoms with E-state index >= 15 is 0 Å². The van der Waals surface area contributed by atoms with Gasteiger partial charge in [-0.15, -0.1) is 11.6 Å². The summed E-state index contributed by atoms with van der Waals surface area (Å²) in [7, 11) is 1.90. The fourth-order valence-electron chi connectivity index (χ4n) is 1.97. The van der Waals surface area contributed by atoms with Crippen LogP contribution in [0.3, 0.4) is 0 Å². The number of aryl methyl sites for hydroxylation is 1. The second-order valence-corrected chi connectivity index (χ2v) is 5.49. The van der Waals surface area contributed by atoms with E-state index in [2.05, 4.69) is 18.9 Å². The average Bonchev–Trinajstić information content (AvgIpc) is 2.27. The Morgan fingerprint density at radius 3 is 2.50 bits per heavy atom. The lowest BCUT2D eigenvalue weighted by Gasteiger charge is -2.26. The minimum atomic E-state index is -0.0382. The minimum Gasteiger partial charge on any atom is -0.271 e. The topological polar surface area (TPSA) is 17.8 Å². The smallest absolute Gasteiger partial charge is 0.0823 e. The Labute approximate surface area is 95.2 Å². The summed E-state index contributed by atoms with van der Waals surface area (Å²) < 4.78 is 1.82. The van der Waals surface area contributed by atoms with Crippen molar-refractivity contribution < 1.29 is 0 Å². The van der Waals surface area contributed by atoms with Crippen molar-refractivity contribution in [2.75, 3.05) is 0 Å². The van der Waals surface area contributed by atoms with Crippen molar-refractivity contribution in [1.29, 1.82) is 0 Å². The van der Waals surface area contributed by atoms with E-state index < -0.39 is 0 Å². The van der Waals surface area contributed by atoms with Gasteiger partial charge in [0.25, 0.3) is 0 Å². The molecule has 14 heavy (non-hydrogen) atoms. The number of nitrogens with zero attached hydrogens (tertiary/aromatic N) is 2. The molecule has 0 aromatic carbocycles. The van der Waals surface area contributed by atoms with Crippen molar-refractivity contribution in [3.63, 3.8) is 0 Å². The molecule has 0 saturated heterocycles. The molecule has 0 amide bonds. The van der Waals surface area contributed by atoms with E-state index in [0.29, 0.717) is 0 Å². The molecule has 0 aliphatic carbocycles. The van der Waals surface area contributed by atoms with Crippen LogP contribution in [0.2, 0.25) is 5.02 Å². The number of alkyl halides is 1. The molecule has 1 aromatic rings. The SMILES string of the molecule is CC(Cl)CC(C)(C)c1c(Cl)cnn1C. The zero-order valence-corrected chi connectivity index (χ0v) is 10.5. The molecule has 0 bridgehead atoms. The normalized spacial score (nSPS) is 14.4. The Morgan fingerprint density at radius 1 is 1.57 bits per heavy atom. The van der Waals surface area contributed by atoms with Crippen molar-refractivity contribution in [2.45, 2.75) is 38.0 Å². The second kappa shape index (κ2) is 4.11. The molecule has 1 atom stereocenters. The van der Waals surface area contributed by atoms with E-state index in [1.54, 1.807) is 6.20 Å². The van der Waals surface area contributed by atoms with E-state index in [1.165, 1.54) is 0 Å². The molecule has 1 rings (SSSR count). The summed E-state index contributed by atoms with van der Waals surface area (Å²) in [5, 5.41) is 4.98. The summed E-state index contributed by atoms with van der Waals surface area (Å²) in [5.41, 5.74) is 1.01. The summed E-state index contributed by atoms with van der Waals surface area (Å²) in [5.74, 6) is 0. The molecule has 0 aliphatic rings. The Morgan fingerprint density at radius 2 is 2.14 bits per heavy atom. The van der Waals surface area contributed by atoms with Crippen LogP contribution in [0.25, 0.3) is 0 Å². The van der Waals surface area contributed by atoms with Crippen molar-refractivity contribution >= 4 is 23.2 Å². The van der Waals surface area contributed by atoms with Crippen LogP contribution in [0.1, 0.15) is 32.9 Å². The van der Waals surface area contributed by atoms with Gasteiger partial charge < -0.3 is 0 Å². The highest BCUT2D eigenvalue weighted by molar-refractivity contribution is 6.31. The third kappa shape index (κ3) is 2.43. The van der Waals surface area contributed by atoms with Crippen LogP contribution >= 0.6 is 23.2 Å². The number of rotatable bonds is 3. The maximum Gasteiger partial charge on any atom is 0.0823 e. The van der Waals surface area contributed by atoms with Gasteiger partial charge in [-0.2, -0.15) is 5.10 Å². The number of hydrogen-bond acceptors (Lipinski definition) is 1. The van der Waals surface area contributed by atoms with Crippen LogP contribution in [-0.4, -0.2) is 15.2 Å². The third-order valence-electron chi connectivity index (χ3n) is 2.33. The molecule has 0 saturated carbocycles.